The fourth-order valence-corrected chi connectivity index (χ4v) is 3.92. The van der Waals surface area contributed by atoms with Gasteiger partial charge in [0, 0.05) is 30.1 Å². The Labute approximate surface area is 122 Å². The van der Waals surface area contributed by atoms with E-state index in [0.717, 1.165) is 23.8 Å². The van der Waals surface area contributed by atoms with Crippen LogP contribution in [0.25, 0.3) is 0 Å². The normalized spacial score (nSPS) is 19.8. The van der Waals surface area contributed by atoms with Crippen molar-refractivity contribution in [2.24, 2.45) is 0 Å². The molecule has 1 fully saturated rings. The standard InChI is InChI=1S/C12H20N4OS2/c1-7(2)14-11(17)9-10(13)15-19-12(9)16-4-5-18-8(3)6-16/h7-8H,4-6H2,1-3H3,(H2,13,15)(H,14,17). The first-order chi connectivity index (χ1) is 8.99. The Balaban J connectivity index is 2.24. The lowest BCUT2D eigenvalue weighted by atomic mass is 10.2. The molecule has 1 aliphatic rings. The molecular formula is C12H20N4OS2. The van der Waals surface area contributed by atoms with Gasteiger partial charge in [-0.15, -0.1) is 0 Å². The van der Waals surface area contributed by atoms with Crippen molar-refractivity contribution in [2.75, 3.05) is 29.5 Å². The van der Waals surface area contributed by atoms with Gasteiger partial charge in [-0.25, -0.2) is 0 Å². The number of carbonyl (C=O) groups is 1. The predicted molar refractivity (Wildman–Crippen MR) is 83.3 cm³/mol. The molecule has 1 atom stereocenters. The summed E-state index contributed by atoms with van der Waals surface area (Å²) in [6, 6.07) is 0.0930. The van der Waals surface area contributed by atoms with Crippen LogP contribution in [-0.2, 0) is 0 Å². The van der Waals surface area contributed by atoms with Crippen LogP contribution in [0.4, 0.5) is 10.8 Å². The average Bonchev–Trinajstić information content (AvgIpc) is 2.70. The van der Waals surface area contributed by atoms with E-state index >= 15 is 0 Å². The molecule has 0 radical (unpaired) electrons. The summed E-state index contributed by atoms with van der Waals surface area (Å²) < 4.78 is 4.16. The lowest BCUT2D eigenvalue weighted by Gasteiger charge is -2.31. The van der Waals surface area contributed by atoms with Crippen LogP contribution >= 0.6 is 23.3 Å². The fraction of sp³-hybridized carbons (Fsp3) is 0.667. The highest BCUT2D eigenvalue weighted by Crippen LogP contribution is 2.33. The van der Waals surface area contributed by atoms with Crippen molar-refractivity contribution in [3.05, 3.63) is 5.56 Å². The molecule has 5 nitrogen and oxygen atoms in total. The van der Waals surface area contributed by atoms with Gasteiger partial charge in [0.15, 0.2) is 5.82 Å². The Morgan fingerprint density at radius 2 is 2.32 bits per heavy atom. The summed E-state index contributed by atoms with van der Waals surface area (Å²) in [6.45, 7) is 7.96. The van der Waals surface area contributed by atoms with Crippen LogP contribution in [0.15, 0.2) is 0 Å². The van der Waals surface area contributed by atoms with Crippen molar-refractivity contribution in [1.29, 1.82) is 0 Å². The molecule has 0 bridgehead atoms. The van der Waals surface area contributed by atoms with E-state index in [1.165, 1.54) is 11.5 Å². The number of nitrogens with zero attached hydrogens (tertiary/aromatic N) is 2. The molecule has 106 valence electrons. The minimum Gasteiger partial charge on any atom is -0.382 e. The number of carbonyl (C=O) groups excluding carboxylic acids is 1. The van der Waals surface area contributed by atoms with E-state index in [0.29, 0.717) is 16.6 Å². The highest BCUT2D eigenvalue weighted by atomic mass is 32.2. The summed E-state index contributed by atoms with van der Waals surface area (Å²) in [5.41, 5.74) is 6.41. The van der Waals surface area contributed by atoms with Gasteiger partial charge in [0.25, 0.3) is 5.91 Å². The fourth-order valence-electron chi connectivity index (χ4n) is 2.06. The third-order valence-electron chi connectivity index (χ3n) is 2.88. The number of nitrogen functional groups attached to an aromatic ring is 1. The second kappa shape index (κ2) is 6.00. The molecule has 0 aromatic carbocycles. The van der Waals surface area contributed by atoms with E-state index in [9.17, 15) is 4.79 Å². The minimum absolute atomic E-state index is 0.0930. The number of nitrogens with one attached hydrogen (secondary N) is 1. The molecule has 1 saturated heterocycles. The second-order valence-electron chi connectivity index (χ2n) is 5.00. The van der Waals surface area contributed by atoms with Gasteiger partial charge >= 0.3 is 0 Å². The average molecular weight is 300 g/mol. The summed E-state index contributed by atoms with van der Waals surface area (Å²) in [5, 5.41) is 4.37. The van der Waals surface area contributed by atoms with Crippen molar-refractivity contribution in [3.8, 4) is 0 Å². The summed E-state index contributed by atoms with van der Waals surface area (Å²) in [7, 11) is 0. The zero-order valence-electron chi connectivity index (χ0n) is 11.5. The molecular weight excluding hydrogens is 280 g/mol. The first-order valence-electron chi connectivity index (χ1n) is 6.41. The predicted octanol–water partition coefficient (Wildman–Crippen LogP) is 1.81. The first kappa shape index (κ1) is 14.5. The van der Waals surface area contributed by atoms with E-state index in [1.807, 2.05) is 25.6 Å². The highest BCUT2D eigenvalue weighted by molar-refractivity contribution is 8.00. The van der Waals surface area contributed by atoms with Gasteiger partial charge in [-0.05, 0) is 25.4 Å². The number of nitrogens with two attached hydrogens (primary N) is 1. The molecule has 19 heavy (non-hydrogen) atoms. The molecule has 0 spiro atoms. The number of anilines is 2. The maximum absolute atomic E-state index is 12.2. The van der Waals surface area contributed by atoms with Crippen LogP contribution in [0.1, 0.15) is 31.1 Å². The van der Waals surface area contributed by atoms with Gasteiger partial charge in [0.1, 0.15) is 10.6 Å². The van der Waals surface area contributed by atoms with Gasteiger partial charge in [-0.1, -0.05) is 6.92 Å². The quantitative estimate of drug-likeness (QED) is 0.891. The maximum Gasteiger partial charge on any atom is 0.258 e. The third-order valence-corrected chi connectivity index (χ3v) is 4.94. The van der Waals surface area contributed by atoms with Gasteiger partial charge in [0.2, 0.25) is 0 Å². The Morgan fingerprint density at radius 3 is 2.95 bits per heavy atom. The summed E-state index contributed by atoms with van der Waals surface area (Å²) in [6.07, 6.45) is 0. The zero-order valence-corrected chi connectivity index (χ0v) is 13.1. The first-order valence-corrected chi connectivity index (χ1v) is 8.23. The molecule has 3 N–H and O–H groups in total. The van der Waals surface area contributed by atoms with E-state index in [-0.39, 0.29) is 11.9 Å². The topological polar surface area (TPSA) is 71.2 Å². The van der Waals surface area contributed by atoms with Crippen molar-refractivity contribution in [1.82, 2.24) is 9.69 Å². The molecule has 2 heterocycles. The van der Waals surface area contributed by atoms with Gasteiger partial charge in [-0.3, -0.25) is 4.79 Å². The lowest BCUT2D eigenvalue weighted by Crippen LogP contribution is -2.38. The number of hydrogen-bond acceptors (Lipinski definition) is 6. The number of amides is 1. The number of hydrogen-bond donors (Lipinski definition) is 2. The van der Waals surface area contributed by atoms with Crippen LogP contribution in [0.2, 0.25) is 0 Å². The van der Waals surface area contributed by atoms with Gasteiger partial charge < -0.3 is 16.0 Å². The molecule has 1 unspecified atom stereocenters. The zero-order chi connectivity index (χ0) is 14.0. The largest absolute Gasteiger partial charge is 0.382 e. The van der Waals surface area contributed by atoms with E-state index in [2.05, 4.69) is 21.5 Å². The van der Waals surface area contributed by atoms with Gasteiger partial charge in [0.05, 0.1) is 0 Å². The number of aromatic nitrogens is 1. The van der Waals surface area contributed by atoms with Crippen LogP contribution in [0.3, 0.4) is 0 Å². The summed E-state index contributed by atoms with van der Waals surface area (Å²) in [4.78, 5) is 14.5. The second-order valence-corrected chi connectivity index (χ2v) is 7.30. The van der Waals surface area contributed by atoms with Crippen molar-refractivity contribution >= 4 is 40.0 Å². The van der Waals surface area contributed by atoms with Crippen molar-refractivity contribution in [2.45, 2.75) is 32.1 Å². The highest BCUT2D eigenvalue weighted by Gasteiger charge is 2.26. The molecule has 2 rings (SSSR count). The Morgan fingerprint density at radius 1 is 1.58 bits per heavy atom. The monoisotopic (exact) mass is 300 g/mol. The van der Waals surface area contributed by atoms with Crippen LogP contribution in [0.5, 0.6) is 0 Å². The van der Waals surface area contributed by atoms with E-state index in [1.54, 1.807) is 0 Å². The molecule has 1 amide bonds. The lowest BCUT2D eigenvalue weighted by molar-refractivity contribution is 0.0944. The molecule has 1 aliphatic heterocycles. The Hall–Kier alpha value is -0.950. The molecule has 1 aromatic rings. The third kappa shape index (κ3) is 3.33. The number of thioether (sulfide) groups is 1. The molecule has 0 saturated carbocycles. The minimum atomic E-state index is -0.123. The maximum atomic E-state index is 12.2. The smallest absolute Gasteiger partial charge is 0.258 e. The summed E-state index contributed by atoms with van der Waals surface area (Å²) >= 11 is 3.28. The molecule has 7 heteroatoms. The Kier molecular flexibility index (Phi) is 4.57. The van der Waals surface area contributed by atoms with E-state index < -0.39 is 0 Å². The molecule has 0 aliphatic carbocycles. The van der Waals surface area contributed by atoms with Gasteiger partial charge in [-0.2, -0.15) is 16.1 Å². The van der Waals surface area contributed by atoms with Crippen molar-refractivity contribution in [3.63, 3.8) is 0 Å². The number of rotatable bonds is 3. The van der Waals surface area contributed by atoms with Crippen LogP contribution < -0.4 is 16.0 Å². The van der Waals surface area contributed by atoms with Crippen molar-refractivity contribution < 1.29 is 4.79 Å². The Bertz CT molecular complexity index is 461. The van der Waals surface area contributed by atoms with Crippen LogP contribution in [0, 0.1) is 0 Å². The SMILES string of the molecule is CC(C)NC(=O)c1c(N)nsc1N1CCSC(C)C1. The summed E-state index contributed by atoms with van der Waals surface area (Å²) in [5.74, 6) is 1.29. The van der Waals surface area contributed by atoms with Crippen LogP contribution in [-0.4, -0.2) is 40.4 Å². The molecule has 1 aromatic heterocycles. The van der Waals surface area contributed by atoms with E-state index in [4.69, 9.17) is 5.73 Å².